The van der Waals surface area contributed by atoms with Gasteiger partial charge in [-0.2, -0.15) is 18.2 Å². The van der Waals surface area contributed by atoms with Crippen LogP contribution in [0.3, 0.4) is 0 Å². The van der Waals surface area contributed by atoms with Crippen molar-refractivity contribution in [2.45, 2.75) is 25.3 Å². The van der Waals surface area contributed by atoms with E-state index in [4.69, 9.17) is 14.4 Å². The van der Waals surface area contributed by atoms with Crippen LogP contribution >= 0.6 is 11.3 Å². The standard InChI is InChI=1S/C16H14F3N5O3S/c17-16(18,19)10-3-1-2-4-11(10)26-9-5-6-24(7-9)15-22-21-14(28-15)13-20-12(8-25)27-23-13/h1-4,9,25H,5-8H2. The highest BCUT2D eigenvalue weighted by Crippen LogP contribution is 2.37. The molecule has 2 aromatic heterocycles. The molecular formula is C16H14F3N5O3S. The number of nitrogens with zero attached hydrogens (tertiary/aromatic N) is 5. The Labute approximate surface area is 160 Å². The van der Waals surface area contributed by atoms with Crippen LogP contribution < -0.4 is 9.64 Å². The lowest BCUT2D eigenvalue weighted by Gasteiger charge is -2.18. The fourth-order valence-electron chi connectivity index (χ4n) is 2.82. The predicted molar refractivity (Wildman–Crippen MR) is 91.8 cm³/mol. The van der Waals surface area contributed by atoms with Crippen molar-refractivity contribution in [1.29, 1.82) is 0 Å². The summed E-state index contributed by atoms with van der Waals surface area (Å²) in [6, 6.07) is 5.17. The minimum absolute atomic E-state index is 0.0738. The average molecular weight is 413 g/mol. The van der Waals surface area contributed by atoms with Gasteiger partial charge >= 0.3 is 6.18 Å². The number of ether oxygens (including phenoxy) is 1. The van der Waals surface area contributed by atoms with Crippen LogP contribution in [0.2, 0.25) is 0 Å². The first kappa shape index (κ1) is 18.6. The molecule has 0 radical (unpaired) electrons. The topological polar surface area (TPSA) is 97.4 Å². The molecule has 1 unspecified atom stereocenters. The van der Waals surface area contributed by atoms with Crippen molar-refractivity contribution >= 4 is 16.5 Å². The van der Waals surface area contributed by atoms with E-state index >= 15 is 0 Å². The van der Waals surface area contributed by atoms with Crippen LogP contribution in [-0.4, -0.2) is 44.6 Å². The summed E-state index contributed by atoms with van der Waals surface area (Å²) < 4.78 is 49.8. The van der Waals surface area contributed by atoms with Crippen molar-refractivity contribution in [2.24, 2.45) is 0 Å². The van der Waals surface area contributed by atoms with Gasteiger partial charge in [0.1, 0.15) is 18.5 Å². The fourth-order valence-corrected chi connectivity index (χ4v) is 3.63. The number of aromatic nitrogens is 4. The van der Waals surface area contributed by atoms with E-state index in [9.17, 15) is 13.2 Å². The molecule has 0 saturated carbocycles. The van der Waals surface area contributed by atoms with Gasteiger partial charge in [-0.15, -0.1) is 10.2 Å². The first-order valence-electron chi connectivity index (χ1n) is 8.29. The minimum atomic E-state index is -4.47. The summed E-state index contributed by atoms with van der Waals surface area (Å²) in [7, 11) is 0. The highest BCUT2D eigenvalue weighted by molar-refractivity contribution is 7.18. The van der Waals surface area contributed by atoms with E-state index in [0.29, 0.717) is 29.6 Å². The molecule has 1 atom stereocenters. The lowest BCUT2D eigenvalue weighted by Crippen LogP contribution is -2.25. The lowest BCUT2D eigenvalue weighted by molar-refractivity contribution is -0.139. The molecule has 3 heterocycles. The average Bonchev–Trinajstić information content (AvgIpc) is 3.41. The van der Waals surface area contributed by atoms with Gasteiger partial charge in [0.05, 0.1) is 12.1 Å². The summed E-state index contributed by atoms with van der Waals surface area (Å²) in [6.45, 7) is 0.583. The Bertz CT molecular complexity index is 961. The van der Waals surface area contributed by atoms with Gasteiger partial charge in [-0.05, 0) is 12.1 Å². The molecule has 1 aliphatic heterocycles. The van der Waals surface area contributed by atoms with Crippen molar-refractivity contribution in [3.8, 4) is 16.6 Å². The summed E-state index contributed by atoms with van der Waals surface area (Å²) >= 11 is 1.22. The maximum atomic E-state index is 13.1. The molecule has 148 valence electrons. The van der Waals surface area contributed by atoms with Crippen molar-refractivity contribution < 1.29 is 27.5 Å². The van der Waals surface area contributed by atoms with Crippen LogP contribution in [0.5, 0.6) is 5.75 Å². The Morgan fingerprint density at radius 3 is 2.86 bits per heavy atom. The molecule has 1 aliphatic rings. The summed E-state index contributed by atoms with van der Waals surface area (Å²) in [5, 5.41) is 21.8. The van der Waals surface area contributed by atoms with Crippen LogP contribution in [0.15, 0.2) is 28.8 Å². The van der Waals surface area contributed by atoms with Crippen LogP contribution in [-0.2, 0) is 12.8 Å². The molecule has 28 heavy (non-hydrogen) atoms. The molecule has 1 aromatic carbocycles. The number of benzene rings is 1. The molecule has 4 rings (SSSR count). The van der Waals surface area contributed by atoms with E-state index in [1.165, 1.54) is 29.5 Å². The molecule has 0 aliphatic carbocycles. The van der Waals surface area contributed by atoms with Gasteiger partial charge in [0, 0.05) is 13.0 Å². The number of aliphatic hydroxyl groups is 1. The number of hydrogen-bond acceptors (Lipinski definition) is 9. The molecule has 1 N–H and O–H groups in total. The molecule has 0 bridgehead atoms. The van der Waals surface area contributed by atoms with E-state index in [-0.39, 0.29) is 24.1 Å². The third-order valence-corrected chi connectivity index (χ3v) is 5.09. The fraction of sp³-hybridized carbons (Fsp3) is 0.375. The summed E-state index contributed by atoms with van der Waals surface area (Å²) in [5.41, 5.74) is -0.788. The zero-order valence-corrected chi connectivity index (χ0v) is 15.1. The zero-order chi connectivity index (χ0) is 19.7. The molecule has 1 fully saturated rings. The molecule has 1 saturated heterocycles. The van der Waals surface area contributed by atoms with Crippen LogP contribution in [0.4, 0.5) is 18.3 Å². The second-order valence-corrected chi connectivity index (χ2v) is 6.98. The van der Waals surface area contributed by atoms with Gasteiger partial charge in [-0.25, -0.2) is 0 Å². The monoisotopic (exact) mass is 413 g/mol. The SMILES string of the molecule is OCc1nc(-c2nnc(N3CCC(Oc4ccccc4C(F)(F)F)C3)s2)no1. The number of aliphatic hydroxyl groups excluding tert-OH is 1. The van der Waals surface area contributed by atoms with Gasteiger partial charge in [-0.1, -0.05) is 28.6 Å². The lowest BCUT2D eigenvalue weighted by atomic mass is 10.2. The summed E-state index contributed by atoms with van der Waals surface area (Å²) in [6.07, 6.45) is -4.32. The predicted octanol–water partition coefficient (Wildman–Crippen LogP) is 2.76. The minimum Gasteiger partial charge on any atom is -0.488 e. The van der Waals surface area contributed by atoms with Crippen molar-refractivity contribution in [3.63, 3.8) is 0 Å². The normalized spacial score (nSPS) is 17.3. The third kappa shape index (κ3) is 3.78. The van der Waals surface area contributed by atoms with Crippen molar-refractivity contribution in [1.82, 2.24) is 20.3 Å². The molecular weight excluding hydrogens is 399 g/mol. The van der Waals surface area contributed by atoms with Crippen LogP contribution in [0, 0.1) is 0 Å². The van der Waals surface area contributed by atoms with Crippen molar-refractivity contribution in [3.05, 3.63) is 35.7 Å². The number of halogens is 3. The number of rotatable bonds is 5. The van der Waals surface area contributed by atoms with Gasteiger partial charge < -0.3 is 19.3 Å². The zero-order valence-electron chi connectivity index (χ0n) is 14.3. The molecule has 0 amide bonds. The number of hydrogen-bond donors (Lipinski definition) is 1. The number of anilines is 1. The van der Waals surface area contributed by atoms with Crippen LogP contribution in [0.1, 0.15) is 17.9 Å². The Kier molecular flexibility index (Phi) is 4.89. The Balaban J connectivity index is 1.44. The first-order valence-corrected chi connectivity index (χ1v) is 9.11. The Morgan fingerprint density at radius 2 is 2.11 bits per heavy atom. The second kappa shape index (κ2) is 7.36. The molecule has 8 nitrogen and oxygen atoms in total. The van der Waals surface area contributed by atoms with E-state index < -0.39 is 17.8 Å². The summed E-state index contributed by atoms with van der Waals surface area (Å²) in [5.74, 6) is 0.117. The van der Waals surface area contributed by atoms with E-state index in [0.717, 1.165) is 6.07 Å². The van der Waals surface area contributed by atoms with E-state index in [1.807, 2.05) is 4.90 Å². The van der Waals surface area contributed by atoms with Gasteiger partial charge in [-0.3, -0.25) is 0 Å². The summed E-state index contributed by atoms with van der Waals surface area (Å²) in [4.78, 5) is 5.86. The first-order chi connectivity index (χ1) is 13.4. The van der Waals surface area contributed by atoms with Gasteiger partial charge in [0.2, 0.25) is 11.0 Å². The number of alkyl halides is 3. The molecule has 0 spiro atoms. The smallest absolute Gasteiger partial charge is 0.419 e. The highest BCUT2D eigenvalue weighted by atomic mass is 32.1. The van der Waals surface area contributed by atoms with E-state index in [2.05, 4.69) is 20.3 Å². The third-order valence-electron chi connectivity index (χ3n) is 4.11. The maximum absolute atomic E-state index is 13.1. The Morgan fingerprint density at radius 1 is 1.29 bits per heavy atom. The quantitative estimate of drug-likeness (QED) is 0.682. The highest BCUT2D eigenvalue weighted by Gasteiger charge is 2.35. The maximum Gasteiger partial charge on any atom is 0.419 e. The van der Waals surface area contributed by atoms with Gasteiger partial charge in [0.15, 0.2) is 5.01 Å². The van der Waals surface area contributed by atoms with Crippen molar-refractivity contribution in [2.75, 3.05) is 18.0 Å². The molecule has 12 heteroatoms. The largest absolute Gasteiger partial charge is 0.488 e. The molecule has 3 aromatic rings. The van der Waals surface area contributed by atoms with Crippen LogP contribution in [0.25, 0.3) is 10.8 Å². The van der Waals surface area contributed by atoms with E-state index in [1.54, 1.807) is 0 Å². The second-order valence-electron chi connectivity index (χ2n) is 6.03. The van der Waals surface area contributed by atoms with Gasteiger partial charge in [0.25, 0.3) is 5.89 Å². The Hall–Kier alpha value is -2.73. The number of para-hydroxylation sites is 1.